The highest BCUT2D eigenvalue weighted by Gasteiger charge is 2.20. The largest absolute Gasteiger partial charge is 0.493 e. The monoisotopic (exact) mass is 414 g/mol. The van der Waals surface area contributed by atoms with Gasteiger partial charge in [0.05, 0.1) is 18.7 Å². The average molecular weight is 415 g/mol. The number of fused-ring (bicyclic) bond motifs is 1. The lowest BCUT2D eigenvalue weighted by molar-refractivity contribution is 0.353. The number of nitrogens with zero attached hydrogens (tertiary/aromatic N) is 1. The topological polar surface area (TPSA) is 98.5 Å². The number of methoxy groups -OCH3 is 2. The first kappa shape index (κ1) is 18.0. The number of ether oxygens (including phenoxy) is 2. The summed E-state index contributed by atoms with van der Waals surface area (Å²) in [5, 5.41) is 10.2. The van der Waals surface area contributed by atoms with Gasteiger partial charge in [-0.2, -0.15) is 5.26 Å². The Kier molecular flexibility index (Phi) is 4.98. The van der Waals surface area contributed by atoms with Gasteiger partial charge in [0, 0.05) is 17.5 Å². The highest BCUT2D eigenvalue weighted by atomic mass is 79.9. The van der Waals surface area contributed by atoms with Crippen molar-refractivity contribution in [2.24, 2.45) is 5.73 Å². The summed E-state index contributed by atoms with van der Waals surface area (Å²) < 4.78 is 16.7. The Morgan fingerprint density at radius 3 is 2.62 bits per heavy atom. The van der Waals surface area contributed by atoms with Crippen LogP contribution in [0.25, 0.3) is 22.1 Å². The number of hydrogen-bond acceptors (Lipinski definition) is 6. The first-order valence-corrected chi connectivity index (χ1v) is 8.45. The minimum absolute atomic E-state index is 0.0721. The van der Waals surface area contributed by atoms with Crippen LogP contribution in [0.5, 0.6) is 11.5 Å². The third-order valence-corrected chi connectivity index (χ3v) is 4.63. The quantitative estimate of drug-likeness (QED) is 0.655. The second-order valence-electron chi connectivity index (χ2n) is 5.48. The van der Waals surface area contributed by atoms with Crippen LogP contribution in [0.2, 0.25) is 0 Å². The lowest BCUT2D eigenvalue weighted by Gasteiger charge is -2.14. The molecule has 0 amide bonds. The summed E-state index contributed by atoms with van der Waals surface area (Å²) in [6.07, 6.45) is 0. The molecule has 7 heteroatoms. The lowest BCUT2D eigenvalue weighted by Crippen LogP contribution is -2.07. The third-order valence-electron chi connectivity index (χ3n) is 4.04. The molecule has 2 aromatic carbocycles. The van der Waals surface area contributed by atoms with E-state index < -0.39 is 5.63 Å². The number of benzene rings is 2. The van der Waals surface area contributed by atoms with Crippen molar-refractivity contribution in [2.45, 2.75) is 6.54 Å². The fraction of sp³-hybridized carbons (Fsp3) is 0.158. The van der Waals surface area contributed by atoms with E-state index in [2.05, 4.69) is 15.9 Å². The SMILES string of the molecule is COc1cc(-c2c(C#N)c(=O)oc3cc(CN)ccc23)cc(Br)c1OC. The molecule has 0 radical (unpaired) electrons. The Bertz CT molecular complexity index is 1100. The van der Waals surface area contributed by atoms with E-state index in [0.29, 0.717) is 44.6 Å². The number of hydrogen-bond donors (Lipinski definition) is 1. The first-order valence-electron chi connectivity index (χ1n) is 7.65. The van der Waals surface area contributed by atoms with Gasteiger partial charge < -0.3 is 19.6 Å². The van der Waals surface area contributed by atoms with Gasteiger partial charge in [-0.3, -0.25) is 0 Å². The van der Waals surface area contributed by atoms with E-state index in [1.54, 1.807) is 24.3 Å². The molecule has 0 aliphatic carbocycles. The van der Waals surface area contributed by atoms with E-state index >= 15 is 0 Å². The van der Waals surface area contributed by atoms with E-state index in [1.807, 2.05) is 12.1 Å². The zero-order valence-electron chi connectivity index (χ0n) is 14.1. The fourth-order valence-corrected chi connectivity index (χ4v) is 3.44. The van der Waals surface area contributed by atoms with E-state index in [-0.39, 0.29) is 5.56 Å². The van der Waals surface area contributed by atoms with Crippen LogP contribution in [0.3, 0.4) is 0 Å². The van der Waals surface area contributed by atoms with Crippen molar-refractivity contribution in [1.29, 1.82) is 5.26 Å². The zero-order valence-corrected chi connectivity index (χ0v) is 15.7. The Balaban J connectivity index is 2.42. The molecular weight excluding hydrogens is 400 g/mol. The predicted molar refractivity (Wildman–Crippen MR) is 101 cm³/mol. The zero-order chi connectivity index (χ0) is 18.8. The Hall–Kier alpha value is -2.82. The molecule has 0 aliphatic heterocycles. The van der Waals surface area contributed by atoms with Crippen LogP contribution in [0, 0.1) is 11.3 Å². The third kappa shape index (κ3) is 2.94. The van der Waals surface area contributed by atoms with Crippen LogP contribution in [0.4, 0.5) is 0 Å². The lowest BCUT2D eigenvalue weighted by atomic mass is 9.96. The second-order valence-corrected chi connectivity index (χ2v) is 6.33. The van der Waals surface area contributed by atoms with Gasteiger partial charge in [-0.25, -0.2) is 4.79 Å². The summed E-state index contributed by atoms with van der Waals surface area (Å²) in [7, 11) is 3.05. The van der Waals surface area contributed by atoms with E-state index in [9.17, 15) is 10.1 Å². The van der Waals surface area contributed by atoms with Gasteiger partial charge in [-0.1, -0.05) is 12.1 Å². The summed E-state index contributed by atoms with van der Waals surface area (Å²) in [4.78, 5) is 12.3. The summed E-state index contributed by atoms with van der Waals surface area (Å²) in [6, 6.07) is 10.8. The summed E-state index contributed by atoms with van der Waals surface area (Å²) in [5.74, 6) is 0.994. The van der Waals surface area contributed by atoms with Crippen LogP contribution in [-0.2, 0) is 6.54 Å². The maximum atomic E-state index is 12.3. The average Bonchev–Trinajstić information content (AvgIpc) is 2.65. The van der Waals surface area contributed by atoms with E-state index in [0.717, 1.165) is 5.56 Å². The molecule has 132 valence electrons. The molecule has 0 bridgehead atoms. The van der Waals surface area contributed by atoms with Crippen LogP contribution >= 0.6 is 15.9 Å². The van der Waals surface area contributed by atoms with E-state index in [4.69, 9.17) is 19.6 Å². The van der Waals surface area contributed by atoms with Crippen molar-refractivity contribution in [1.82, 2.24) is 0 Å². The summed E-state index contributed by atoms with van der Waals surface area (Å²) in [6.45, 7) is 0.316. The standard InChI is InChI=1S/C19H15BrN2O4/c1-24-16-7-11(6-14(20)18(16)25-2)17-12-4-3-10(8-21)5-15(12)26-19(23)13(17)9-22/h3-7H,8,21H2,1-2H3. The molecule has 3 aromatic rings. The molecule has 3 rings (SSSR count). The molecule has 0 saturated heterocycles. The van der Waals surface area contributed by atoms with Crippen LogP contribution in [0.1, 0.15) is 11.1 Å². The number of nitriles is 1. The van der Waals surface area contributed by atoms with Crippen molar-refractivity contribution >= 4 is 26.9 Å². The van der Waals surface area contributed by atoms with Gasteiger partial charge in [0.15, 0.2) is 11.5 Å². The minimum Gasteiger partial charge on any atom is -0.493 e. The highest BCUT2D eigenvalue weighted by molar-refractivity contribution is 9.10. The molecule has 0 atom stereocenters. The summed E-state index contributed by atoms with van der Waals surface area (Å²) >= 11 is 3.44. The first-order chi connectivity index (χ1) is 12.5. The smallest absolute Gasteiger partial charge is 0.354 e. The van der Waals surface area contributed by atoms with E-state index in [1.165, 1.54) is 14.2 Å². The molecule has 0 saturated carbocycles. The van der Waals surface area contributed by atoms with Gasteiger partial charge in [0.25, 0.3) is 0 Å². The fourth-order valence-electron chi connectivity index (χ4n) is 2.84. The molecule has 26 heavy (non-hydrogen) atoms. The van der Waals surface area contributed by atoms with Crippen molar-refractivity contribution in [3.8, 4) is 28.7 Å². The molecule has 2 N–H and O–H groups in total. The van der Waals surface area contributed by atoms with Gasteiger partial charge in [0.1, 0.15) is 17.2 Å². The Labute approximate surface area is 157 Å². The maximum absolute atomic E-state index is 12.3. The number of rotatable bonds is 4. The molecule has 1 heterocycles. The van der Waals surface area contributed by atoms with Gasteiger partial charge in [-0.05, 0) is 45.3 Å². The highest BCUT2D eigenvalue weighted by Crippen LogP contribution is 2.41. The van der Waals surface area contributed by atoms with Crippen molar-refractivity contribution < 1.29 is 13.9 Å². The Morgan fingerprint density at radius 2 is 2.00 bits per heavy atom. The van der Waals surface area contributed by atoms with Crippen LogP contribution in [0.15, 0.2) is 44.0 Å². The van der Waals surface area contributed by atoms with Crippen molar-refractivity contribution in [3.05, 3.63) is 56.4 Å². The minimum atomic E-state index is -0.699. The number of nitrogens with two attached hydrogens (primary N) is 1. The predicted octanol–water partition coefficient (Wildman–Crippen LogP) is 3.57. The van der Waals surface area contributed by atoms with Crippen molar-refractivity contribution in [3.63, 3.8) is 0 Å². The number of halogens is 1. The van der Waals surface area contributed by atoms with Gasteiger partial charge >= 0.3 is 5.63 Å². The molecule has 0 aliphatic rings. The molecule has 0 spiro atoms. The van der Waals surface area contributed by atoms with Gasteiger partial charge in [0.2, 0.25) is 0 Å². The maximum Gasteiger partial charge on any atom is 0.354 e. The Morgan fingerprint density at radius 1 is 1.23 bits per heavy atom. The van der Waals surface area contributed by atoms with Gasteiger partial charge in [-0.15, -0.1) is 0 Å². The van der Waals surface area contributed by atoms with Crippen molar-refractivity contribution in [2.75, 3.05) is 14.2 Å². The van der Waals surface area contributed by atoms with Crippen LogP contribution < -0.4 is 20.8 Å². The summed E-state index contributed by atoms with van der Waals surface area (Å²) in [5.41, 5.74) is 7.20. The molecule has 6 nitrogen and oxygen atoms in total. The normalized spacial score (nSPS) is 10.6. The molecule has 1 aromatic heterocycles. The molecule has 0 unspecified atom stereocenters. The van der Waals surface area contributed by atoms with Crippen LogP contribution in [-0.4, -0.2) is 14.2 Å². The second kappa shape index (κ2) is 7.20. The molecular formula is C19H15BrN2O4. The molecule has 0 fully saturated rings.